The van der Waals surface area contributed by atoms with E-state index in [9.17, 15) is 0 Å². The van der Waals surface area contributed by atoms with E-state index in [1.807, 2.05) is 6.07 Å². The summed E-state index contributed by atoms with van der Waals surface area (Å²) in [6.45, 7) is 2.38. The van der Waals surface area contributed by atoms with Gasteiger partial charge >= 0.3 is 0 Å². The van der Waals surface area contributed by atoms with Crippen LogP contribution in [-0.2, 0) is 0 Å². The number of nitrogens with zero attached hydrogens (tertiary/aromatic N) is 3. The highest BCUT2D eigenvalue weighted by molar-refractivity contribution is 9.10. The Balaban J connectivity index is 1.79. The molecule has 1 aromatic rings. The van der Waals surface area contributed by atoms with E-state index in [1.165, 1.54) is 32.4 Å². The van der Waals surface area contributed by atoms with Crippen molar-refractivity contribution in [2.75, 3.05) is 18.0 Å². The summed E-state index contributed by atoms with van der Waals surface area (Å²) in [7, 11) is 0. The average molecular weight is 268 g/mol. The predicted molar refractivity (Wildman–Crippen MR) is 62.8 cm³/mol. The zero-order valence-corrected chi connectivity index (χ0v) is 10.2. The van der Waals surface area contributed by atoms with Gasteiger partial charge in [-0.2, -0.15) is 0 Å². The number of rotatable bonds is 1. The van der Waals surface area contributed by atoms with Crippen molar-refractivity contribution in [3.63, 3.8) is 0 Å². The molecule has 1 aromatic heterocycles. The first-order chi connectivity index (χ1) is 7.33. The van der Waals surface area contributed by atoms with Crippen LogP contribution in [0.5, 0.6) is 0 Å². The van der Waals surface area contributed by atoms with E-state index in [-0.39, 0.29) is 0 Å². The smallest absolute Gasteiger partial charge is 0.133 e. The van der Waals surface area contributed by atoms with Gasteiger partial charge in [0.2, 0.25) is 0 Å². The number of hydrogen-bond donors (Lipinski definition) is 0. The molecule has 1 aliphatic heterocycles. The van der Waals surface area contributed by atoms with Crippen molar-refractivity contribution < 1.29 is 0 Å². The van der Waals surface area contributed by atoms with Crippen LogP contribution in [0, 0.1) is 11.8 Å². The first-order valence-corrected chi connectivity index (χ1v) is 6.35. The summed E-state index contributed by atoms with van der Waals surface area (Å²) >= 11 is 3.39. The summed E-state index contributed by atoms with van der Waals surface area (Å²) in [6.07, 6.45) is 5.88. The molecule has 80 valence electrons. The quantitative estimate of drug-likeness (QED) is 0.733. The van der Waals surface area contributed by atoms with Crippen LogP contribution in [0.3, 0.4) is 0 Å². The standard InChI is InChI=1S/C11H14BrN3/c12-10-4-11(14-7-13-10)15-5-8-2-1-3-9(8)6-15/h4,7-9H,1-3,5-6H2. The summed E-state index contributed by atoms with van der Waals surface area (Å²) in [4.78, 5) is 10.8. The molecule has 0 bridgehead atoms. The molecule has 3 rings (SSSR count). The van der Waals surface area contributed by atoms with Gasteiger partial charge in [-0.3, -0.25) is 0 Å². The molecule has 0 aromatic carbocycles. The molecule has 4 heteroatoms. The van der Waals surface area contributed by atoms with Crippen LogP contribution in [0.1, 0.15) is 19.3 Å². The van der Waals surface area contributed by atoms with Gasteiger partial charge in [0.1, 0.15) is 16.7 Å². The minimum absolute atomic E-state index is 0.879. The molecule has 15 heavy (non-hydrogen) atoms. The molecule has 2 heterocycles. The fourth-order valence-corrected chi connectivity index (χ4v) is 3.22. The molecule has 1 saturated carbocycles. The highest BCUT2D eigenvalue weighted by Gasteiger charge is 2.36. The number of anilines is 1. The van der Waals surface area contributed by atoms with Crippen molar-refractivity contribution in [3.05, 3.63) is 17.0 Å². The third kappa shape index (κ3) is 1.75. The van der Waals surface area contributed by atoms with Crippen molar-refractivity contribution in [2.24, 2.45) is 11.8 Å². The van der Waals surface area contributed by atoms with E-state index in [4.69, 9.17) is 0 Å². The van der Waals surface area contributed by atoms with Crippen molar-refractivity contribution in [1.29, 1.82) is 0 Å². The third-order valence-electron chi connectivity index (χ3n) is 3.67. The first-order valence-electron chi connectivity index (χ1n) is 5.55. The summed E-state index contributed by atoms with van der Waals surface area (Å²) in [5.41, 5.74) is 0. The van der Waals surface area contributed by atoms with E-state index in [2.05, 4.69) is 30.8 Å². The lowest BCUT2D eigenvalue weighted by atomic mass is 10.0. The summed E-state index contributed by atoms with van der Waals surface area (Å²) in [5, 5.41) is 0. The highest BCUT2D eigenvalue weighted by Crippen LogP contribution is 2.39. The van der Waals surface area contributed by atoms with E-state index < -0.39 is 0 Å². The zero-order valence-electron chi connectivity index (χ0n) is 8.56. The lowest BCUT2D eigenvalue weighted by Gasteiger charge is -2.17. The molecule has 0 amide bonds. The Kier molecular flexibility index (Phi) is 2.39. The van der Waals surface area contributed by atoms with Gasteiger partial charge in [-0.1, -0.05) is 6.42 Å². The molecule has 1 aliphatic carbocycles. The zero-order chi connectivity index (χ0) is 10.3. The molecule has 0 radical (unpaired) electrons. The fourth-order valence-electron chi connectivity index (χ4n) is 2.92. The van der Waals surface area contributed by atoms with E-state index in [0.717, 1.165) is 22.3 Å². The number of halogens is 1. The van der Waals surface area contributed by atoms with Gasteiger partial charge in [-0.05, 0) is 40.6 Å². The summed E-state index contributed by atoms with van der Waals surface area (Å²) in [5.74, 6) is 2.91. The Morgan fingerprint density at radius 1 is 1.20 bits per heavy atom. The average Bonchev–Trinajstić information content (AvgIpc) is 2.76. The highest BCUT2D eigenvalue weighted by atomic mass is 79.9. The van der Waals surface area contributed by atoms with Gasteiger partial charge in [0, 0.05) is 19.2 Å². The van der Waals surface area contributed by atoms with Crippen LogP contribution in [0.15, 0.2) is 17.0 Å². The fraction of sp³-hybridized carbons (Fsp3) is 0.636. The van der Waals surface area contributed by atoms with Gasteiger partial charge in [0.25, 0.3) is 0 Å². The largest absolute Gasteiger partial charge is 0.356 e. The van der Waals surface area contributed by atoms with Crippen molar-refractivity contribution in [2.45, 2.75) is 19.3 Å². The second kappa shape index (κ2) is 3.74. The second-order valence-electron chi connectivity index (χ2n) is 4.55. The summed E-state index contributed by atoms with van der Waals surface area (Å²) < 4.78 is 0.879. The minimum atomic E-state index is 0.879. The van der Waals surface area contributed by atoms with Gasteiger partial charge < -0.3 is 4.90 Å². The Morgan fingerprint density at radius 2 is 1.93 bits per heavy atom. The van der Waals surface area contributed by atoms with Crippen LogP contribution >= 0.6 is 15.9 Å². The minimum Gasteiger partial charge on any atom is -0.356 e. The SMILES string of the molecule is Brc1cc(N2CC3CCCC3C2)ncn1. The maximum absolute atomic E-state index is 4.33. The monoisotopic (exact) mass is 267 g/mol. The molecule has 0 N–H and O–H groups in total. The lowest BCUT2D eigenvalue weighted by Crippen LogP contribution is -2.21. The Hall–Kier alpha value is -0.640. The van der Waals surface area contributed by atoms with Crippen LogP contribution in [-0.4, -0.2) is 23.1 Å². The maximum Gasteiger partial charge on any atom is 0.133 e. The normalized spacial score (nSPS) is 29.5. The Labute approximate surface area is 98.0 Å². The molecular formula is C11H14BrN3. The van der Waals surface area contributed by atoms with Gasteiger partial charge in [0.15, 0.2) is 0 Å². The third-order valence-corrected chi connectivity index (χ3v) is 4.10. The number of hydrogen-bond acceptors (Lipinski definition) is 3. The van der Waals surface area contributed by atoms with Crippen LogP contribution in [0.4, 0.5) is 5.82 Å². The molecule has 2 fully saturated rings. The Morgan fingerprint density at radius 3 is 2.60 bits per heavy atom. The molecule has 1 saturated heterocycles. The van der Waals surface area contributed by atoms with Gasteiger partial charge in [0.05, 0.1) is 0 Å². The topological polar surface area (TPSA) is 29.0 Å². The molecule has 2 atom stereocenters. The first kappa shape index (κ1) is 9.58. The maximum atomic E-state index is 4.33. The van der Waals surface area contributed by atoms with Crippen molar-refractivity contribution in [1.82, 2.24) is 9.97 Å². The molecule has 0 spiro atoms. The Bertz CT molecular complexity index is 357. The number of aromatic nitrogens is 2. The van der Waals surface area contributed by atoms with E-state index in [0.29, 0.717) is 0 Å². The lowest BCUT2D eigenvalue weighted by molar-refractivity contribution is 0.494. The molecular weight excluding hydrogens is 254 g/mol. The van der Waals surface area contributed by atoms with Gasteiger partial charge in [-0.25, -0.2) is 9.97 Å². The van der Waals surface area contributed by atoms with E-state index in [1.54, 1.807) is 6.33 Å². The molecule has 3 nitrogen and oxygen atoms in total. The van der Waals surface area contributed by atoms with Crippen LogP contribution in [0.25, 0.3) is 0 Å². The predicted octanol–water partition coefficient (Wildman–Crippen LogP) is 2.48. The molecule has 2 unspecified atom stereocenters. The van der Waals surface area contributed by atoms with Crippen LogP contribution in [0.2, 0.25) is 0 Å². The van der Waals surface area contributed by atoms with Gasteiger partial charge in [-0.15, -0.1) is 0 Å². The number of fused-ring (bicyclic) bond motifs is 1. The second-order valence-corrected chi connectivity index (χ2v) is 5.37. The van der Waals surface area contributed by atoms with Crippen LogP contribution < -0.4 is 4.90 Å². The van der Waals surface area contributed by atoms with Crippen molar-refractivity contribution in [3.8, 4) is 0 Å². The van der Waals surface area contributed by atoms with Crippen molar-refractivity contribution >= 4 is 21.7 Å². The molecule has 2 aliphatic rings. The summed E-state index contributed by atoms with van der Waals surface area (Å²) in [6, 6.07) is 2.01. The van der Waals surface area contributed by atoms with E-state index >= 15 is 0 Å².